The largest absolute Gasteiger partial charge is 0.269 e. The summed E-state index contributed by atoms with van der Waals surface area (Å²) < 4.78 is 0. The third-order valence-corrected chi connectivity index (χ3v) is 1.70. The maximum absolute atomic E-state index is 3.96. The number of hydrogen-bond acceptors (Lipinski definition) is 1. The molecule has 1 heteroatoms. The molecule has 0 fully saturated rings. The van der Waals surface area contributed by atoms with Gasteiger partial charge in [0.25, 0.3) is 0 Å². The van der Waals surface area contributed by atoms with Crippen molar-refractivity contribution in [3.63, 3.8) is 0 Å². The summed E-state index contributed by atoms with van der Waals surface area (Å²) in [6.45, 7) is 17.6. The minimum absolute atomic E-state index is 0.493. The standard InChI is InChI=1S/C10H17N.C2H6/c1-6-9(8(3)4)10(7-2)11-5;1-2/h6,8H,1,5,7H2,2-4H3;1-2H3/b10-9+;. The molecule has 76 valence electrons. The predicted octanol–water partition coefficient (Wildman–Crippen LogP) is 4.22. The fourth-order valence-corrected chi connectivity index (χ4v) is 1.09. The lowest BCUT2D eigenvalue weighted by atomic mass is 10.0. The van der Waals surface area contributed by atoms with Crippen LogP contribution in [0.1, 0.15) is 41.0 Å². The Morgan fingerprint density at radius 1 is 1.38 bits per heavy atom. The highest BCUT2D eigenvalue weighted by molar-refractivity contribution is 5.34. The van der Waals surface area contributed by atoms with Crippen LogP contribution in [-0.4, -0.2) is 6.72 Å². The zero-order valence-electron chi connectivity index (χ0n) is 9.72. The first-order valence-corrected chi connectivity index (χ1v) is 4.99. The van der Waals surface area contributed by atoms with Gasteiger partial charge in [0.1, 0.15) is 0 Å². The molecule has 0 rings (SSSR count). The molecular formula is C12H23N. The minimum Gasteiger partial charge on any atom is -0.269 e. The molecule has 1 nitrogen and oxygen atoms in total. The molecule has 0 aliphatic heterocycles. The van der Waals surface area contributed by atoms with Gasteiger partial charge < -0.3 is 0 Å². The van der Waals surface area contributed by atoms with E-state index in [2.05, 4.69) is 39.1 Å². The highest BCUT2D eigenvalue weighted by atomic mass is 14.7. The van der Waals surface area contributed by atoms with E-state index >= 15 is 0 Å². The van der Waals surface area contributed by atoms with Crippen LogP contribution in [0, 0.1) is 5.92 Å². The molecule has 13 heavy (non-hydrogen) atoms. The monoisotopic (exact) mass is 181 g/mol. The lowest BCUT2D eigenvalue weighted by molar-refractivity contribution is 0.769. The van der Waals surface area contributed by atoms with Gasteiger partial charge in [-0.2, -0.15) is 0 Å². The van der Waals surface area contributed by atoms with Crippen molar-refractivity contribution in [1.29, 1.82) is 0 Å². The van der Waals surface area contributed by atoms with Crippen LogP contribution in [0.3, 0.4) is 0 Å². The number of allylic oxidation sites excluding steroid dienone is 3. The van der Waals surface area contributed by atoms with E-state index in [9.17, 15) is 0 Å². The lowest BCUT2D eigenvalue weighted by Crippen LogP contribution is -1.94. The van der Waals surface area contributed by atoms with Crippen LogP contribution in [-0.2, 0) is 0 Å². The summed E-state index contributed by atoms with van der Waals surface area (Å²) in [6.07, 6.45) is 2.81. The molecule has 0 aliphatic carbocycles. The van der Waals surface area contributed by atoms with Crippen LogP contribution in [0.15, 0.2) is 28.9 Å². The Balaban J connectivity index is 0. The minimum atomic E-state index is 0.493. The average Bonchev–Trinajstić information content (AvgIpc) is 2.16. The number of rotatable bonds is 4. The summed E-state index contributed by atoms with van der Waals surface area (Å²) >= 11 is 0. The van der Waals surface area contributed by atoms with E-state index in [1.54, 1.807) is 0 Å². The second-order valence-electron chi connectivity index (χ2n) is 2.77. The maximum atomic E-state index is 3.96. The van der Waals surface area contributed by atoms with E-state index in [1.165, 1.54) is 5.57 Å². The molecule has 0 aromatic rings. The maximum Gasteiger partial charge on any atom is 0.0427 e. The SMILES string of the molecule is C=C/C(=C(/CC)N=C)C(C)C.CC. The Morgan fingerprint density at radius 2 is 1.85 bits per heavy atom. The van der Waals surface area contributed by atoms with Crippen molar-refractivity contribution in [3.05, 3.63) is 23.9 Å². The van der Waals surface area contributed by atoms with Crippen LogP contribution in [0.5, 0.6) is 0 Å². The zero-order chi connectivity index (χ0) is 10.9. The Kier molecular flexibility index (Phi) is 10.4. The zero-order valence-corrected chi connectivity index (χ0v) is 9.72. The van der Waals surface area contributed by atoms with Crippen molar-refractivity contribution in [1.82, 2.24) is 0 Å². The van der Waals surface area contributed by atoms with E-state index in [-0.39, 0.29) is 0 Å². The quantitative estimate of drug-likeness (QED) is 0.455. The molecule has 0 saturated carbocycles. The van der Waals surface area contributed by atoms with Crippen LogP contribution in [0.2, 0.25) is 0 Å². The fourth-order valence-electron chi connectivity index (χ4n) is 1.09. The Bertz CT molecular complexity index is 176. The van der Waals surface area contributed by atoms with E-state index < -0.39 is 0 Å². The second-order valence-corrected chi connectivity index (χ2v) is 2.77. The van der Waals surface area contributed by atoms with Crippen molar-refractivity contribution in [2.75, 3.05) is 0 Å². The van der Waals surface area contributed by atoms with Gasteiger partial charge in [-0.1, -0.05) is 47.3 Å². The summed E-state index contributed by atoms with van der Waals surface area (Å²) in [7, 11) is 0. The topological polar surface area (TPSA) is 12.4 Å². The molecule has 0 radical (unpaired) electrons. The van der Waals surface area contributed by atoms with Gasteiger partial charge in [-0.3, -0.25) is 4.99 Å². The first kappa shape index (κ1) is 14.7. The van der Waals surface area contributed by atoms with Gasteiger partial charge >= 0.3 is 0 Å². The second kappa shape index (κ2) is 9.24. The van der Waals surface area contributed by atoms with E-state index in [0.717, 1.165) is 12.1 Å². The molecule has 0 amide bonds. The van der Waals surface area contributed by atoms with Crippen LogP contribution in [0.25, 0.3) is 0 Å². The first-order valence-electron chi connectivity index (χ1n) is 4.99. The Labute approximate surface area is 83.3 Å². The number of aliphatic imine (C=N–C) groups is 1. The highest BCUT2D eigenvalue weighted by Crippen LogP contribution is 2.18. The third kappa shape index (κ3) is 5.40. The van der Waals surface area contributed by atoms with Gasteiger partial charge in [-0.25, -0.2) is 0 Å². The lowest BCUT2D eigenvalue weighted by Gasteiger charge is -2.09. The van der Waals surface area contributed by atoms with E-state index in [4.69, 9.17) is 0 Å². The van der Waals surface area contributed by atoms with Crippen molar-refractivity contribution in [2.24, 2.45) is 10.9 Å². The molecule has 0 atom stereocenters. The molecule has 0 heterocycles. The van der Waals surface area contributed by atoms with Crippen molar-refractivity contribution < 1.29 is 0 Å². The van der Waals surface area contributed by atoms with Crippen LogP contribution >= 0.6 is 0 Å². The van der Waals surface area contributed by atoms with E-state index in [1.807, 2.05) is 19.9 Å². The van der Waals surface area contributed by atoms with Gasteiger partial charge in [0, 0.05) is 5.70 Å². The smallest absolute Gasteiger partial charge is 0.0427 e. The summed E-state index contributed by atoms with van der Waals surface area (Å²) in [5, 5.41) is 0. The van der Waals surface area contributed by atoms with E-state index in [0.29, 0.717) is 5.92 Å². The van der Waals surface area contributed by atoms with Crippen molar-refractivity contribution >= 4 is 6.72 Å². The molecule has 0 spiro atoms. The summed E-state index contributed by atoms with van der Waals surface area (Å²) in [5.74, 6) is 0.493. The first-order chi connectivity index (χ1) is 6.17. The Hall–Kier alpha value is -0.850. The third-order valence-electron chi connectivity index (χ3n) is 1.70. The van der Waals surface area contributed by atoms with Crippen LogP contribution < -0.4 is 0 Å². The predicted molar refractivity (Wildman–Crippen MR) is 63.2 cm³/mol. The van der Waals surface area contributed by atoms with Gasteiger partial charge in [0.05, 0.1) is 0 Å². The molecule has 0 aliphatic rings. The summed E-state index contributed by atoms with van der Waals surface area (Å²) in [6, 6.07) is 0. The fraction of sp³-hybridized carbons (Fsp3) is 0.583. The molecule has 0 bridgehead atoms. The number of hydrogen-bond donors (Lipinski definition) is 0. The normalized spacial score (nSPS) is 11.2. The van der Waals surface area contributed by atoms with Gasteiger partial charge in [0.2, 0.25) is 0 Å². The van der Waals surface area contributed by atoms with Gasteiger partial charge in [0.15, 0.2) is 0 Å². The Morgan fingerprint density at radius 3 is 1.92 bits per heavy atom. The van der Waals surface area contributed by atoms with Crippen molar-refractivity contribution in [3.8, 4) is 0 Å². The van der Waals surface area contributed by atoms with Gasteiger partial charge in [-0.15, -0.1) is 0 Å². The summed E-state index contributed by atoms with van der Waals surface area (Å²) in [4.78, 5) is 3.96. The van der Waals surface area contributed by atoms with Crippen LogP contribution in [0.4, 0.5) is 0 Å². The molecular weight excluding hydrogens is 158 g/mol. The number of nitrogens with zero attached hydrogens (tertiary/aromatic N) is 1. The molecule has 0 aromatic carbocycles. The summed E-state index contributed by atoms with van der Waals surface area (Å²) in [5.41, 5.74) is 2.28. The molecule has 0 aromatic heterocycles. The average molecular weight is 181 g/mol. The van der Waals surface area contributed by atoms with Gasteiger partial charge in [-0.05, 0) is 24.6 Å². The van der Waals surface area contributed by atoms with Crippen molar-refractivity contribution in [2.45, 2.75) is 41.0 Å². The molecule has 0 N–H and O–H groups in total. The highest BCUT2D eigenvalue weighted by Gasteiger charge is 2.03. The molecule has 0 saturated heterocycles. The molecule has 0 unspecified atom stereocenters.